The second-order valence-electron chi connectivity index (χ2n) is 5.20. The van der Waals surface area contributed by atoms with Gasteiger partial charge in [0, 0.05) is 13.0 Å². The SMILES string of the molecule is O=C1CC(CCN2CCCC2)Oc2ccccc21. The highest BCUT2D eigenvalue weighted by atomic mass is 16.5. The summed E-state index contributed by atoms with van der Waals surface area (Å²) in [6, 6.07) is 7.57. The van der Waals surface area contributed by atoms with E-state index in [-0.39, 0.29) is 11.9 Å². The molecule has 2 aliphatic rings. The lowest BCUT2D eigenvalue weighted by atomic mass is 9.99. The molecule has 0 aromatic heterocycles. The Kier molecular flexibility index (Phi) is 3.33. The van der Waals surface area contributed by atoms with Gasteiger partial charge in [-0.15, -0.1) is 0 Å². The van der Waals surface area contributed by atoms with Gasteiger partial charge in [0.05, 0.1) is 5.56 Å². The zero-order valence-corrected chi connectivity index (χ0v) is 10.6. The number of nitrogens with zero attached hydrogens (tertiary/aromatic N) is 1. The fourth-order valence-corrected chi connectivity index (χ4v) is 2.83. The van der Waals surface area contributed by atoms with Crippen molar-refractivity contribution in [2.45, 2.75) is 31.8 Å². The number of benzene rings is 1. The molecule has 0 bridgehead atoms. The third-order valence-electron chi connectivity index (χ3n) is 3.86. The van der Waals surface area contributed by atoms with E-state index in [1.165, 1.54) is 25.9 Å². The van der Waals surface area contributed by atoms with Gasteiger partial charge in [-0.3, -0.25) is 4.79 Å². The molecule has 18 heavy (non-hydrogen) atoms. The largest absolute Gasteiger partial charge is 0.489 e. The van der Waals surface area contributed by atoms with E-state index in [9.17, 15) is 4.79 Å². The van der Waals surface area contributed by atoms with Crippen LogP contribution < -0.4 is 4.74 Å². The summed E-state index contributed by atoms with van der Waals surface area (Å²) >= 11 is 0. The highest BCUT2D eigenvalue weighted by Gasteiger charge is 2.26. The quantitative estimate of drug-likeness (QED) is 0.819. The van der Waals surface area contributed by atoms with Crippen LogP contribution in [0.15, 0.2) is 24.3 Å². The molecule has 0 amide bonds. The van der Waals surface area contributed by atoms with Crippen LogP contribution in [0.1, 0.15) is 36.0 Å². The minimum Gasteiger partial charge on any atom is -0.489 e. The van der Waals surface area contributed by atoms with Crippen LogP contribution in [0, 0.1) is 0 Å². The predicted molar refractivity (Wildman–Crippen MR) is 70.1 cm³/mol. The number of likely N-dealkylation sites (tertiary alicyclic amines) is 1. The van der Waals surface area contributed by atoms with Gasteiger partial charge in [-0.2, -0.15) is 0 Å². The highest BCUT2D eigenvalue weighted by Crippen LogP contribution is 2.28. The molecule has 0 N–H and O–H groups in total. The van der Waals surface area contributed by atoms with Crippen LogP contribution in [0.2, 0.25) is 0 Å². The summed E-state index contributed by atoms with van der Waals surface area (Å²) in [5, 5.41) is 0. The van der Waals surface area contributed by atoms with Crippen LogP contribution in [-0.2, 0) is 0 Å². The summed E-state index contributed by atoms with van der Waals surface area (Å²) in [7, 11) is 0. The lowest BCUT2D eigenvalue weighted by Crippen LogP contribution is -2.31. The van der Waals surface area contributed by atoms with Crippen LogP contribution in [0.4, 0.5) is 0 Å². The summed E-state index contributed by atoms with van der Waals surface area (Å²) in [6.45, 7) is 3.47. The van der Waals surface area contributed by atoms with Crippen LogP contribution in [-0.4, -0.2) is 36.4 Å². The lowest BCUT2D eigenvalue weighted by Gasteiger charge is -2.26. The first-order valence-electron chi connectivity index (χ1n) is 6.84. The number of ether oxygens (including phenoxy) is 1. The summed E-state index contributed by atoms with van der Waals surface area (Å²) in [6.07, 6.45) is 4.18. The number of carbonyl (C=O) groups excluding carboxylic acids is 1. The number of hydrogen-bond acceptors (Lipinski definition) is 3. The zero-order chi connectivity index (χ0) is 12.4. The first-order chi connectivity index (χ1) is 8.83. The topological polar surface area (TPSA) is 29.5 Å². The van der Waals surface area contributed by atoms with Crippen LogP contribution in [0.3, 0.4) is 0 Å². The Morgan fingerprint density at radius 2 is 2.00 bits per heavy atom. The Bertz CT molecular complexity index is 438. The van der Waals surface area contributed by atoms with Crippen LogP contribution in [0.5, 0.6) is 5.75 Å². The molecule has 1 aromatic rings. The van der Waals surface area contributed by atoms with Crippen molar-refractivity contribution in [1.29, 1.82) is 0 Å². The molecule has 0 radical (unpaired) electrons. The summed E-state index contributed by atoms with van der Waals surface area (Å²) in [5.41, 5.74) is 0.745. The Morgan fingerprint density at radius 3 is 2.83 bits per heavy atom. The Balaban J connectivity index is 1.61. The molecule has 1 saturated heterocycles. The number of rotatable bonds is 3. The normalized spacial score (nSPS) is 23.8. The number of carbonyl (C=O) groups is 1. The first-order valence-corrected chi connectivity index (χ1v) is 6.84. The van der Waals surface area contributed by atoms with Crippen molar-refractivity contribution in [3.63, 3.8) is 0 Å². The molecule has 1 aromatic carbocycles. The molecule has 1 unspecified atom stereocenters. The fourth-order valence-electron chi connectivity index (χ4n) is 2.83. The van der Waals surface area contributed by atoms with Gasteiger partial charge in [-0.05, 0) is 44.5 Å². The van der Waals surface area contributed by atoms with Crippen molar-refractivity contribution in [1.82, 2.24) is 4.90 Å². The van der Waals surface area contributed by atoms with Crippen LogP contribution >= 0.6 is 0 Å². The minimum absolute atomic E-state index is 0.0630. The van der Waals surface area contributed by atoms with Gasteiger partial charge in [0.15, 0.2) is 5.78 Å². The highest BCUT2D eigenvalue weighted by molar-refractivity contribution is 5.99. The Morgan fingerprint density at radius 1 is 1.22 bits per heavy atom. The Labute approximate surface area is 108 Å². The van der Waals surface area contributed by atoms with E-state index >= 15 is 0 Å². The molecule has 0 aliphatic carbocycles. The van der Waals surface area contributed by atoms with Crippen LogP contribution in [0.25, 0.3) is 0 Å². The average Bonchev–Trinajstić information content (AvgIpc) is 2.90. The molecule has 1 fully saturated rings. The molecule has 3 heteroatoms. The van der Waals surface area contributed by atoms with Gasteiger partial charge in [-0.1, -0.05) is 12.1 Å². The van der Waals surface area contributed by atoms with Gasteiger partial charge in [0.25, 0.3) is 0 Å². The molecule has 3 nitrogen and oxygen atoms in total. The third-order valence-corrected chi connectivity index (χ3v) is 3.86. The monoisotopic (exact) mass is 245 g/mol. The van der Waals surface area contributed by atoms with Crippen molar-refractivity contribution in [3.05, 3.63) is 29.8 Å². The maximum Gasteiger partial charge on any atom is 0.170 e. The third kappa shape index (κ3) is 2.41. The maximum atomic E-state index is 12.0. The maximum absolute atomic E-state index is 12.0. The smallest absolute Gasteiger partial charge is 0.170 e. The minimum atomic E-state index is 0.0630. The van der Waals surface area contributed by atoms with E-state index < -0.39 is 0 Å². The zero-order valence-electron chi connectivity index (χ0n) is 10.6. The van der Waals surface area contributed by atoms with Gasteiger partial charge < -0.3 is 9.64 Å². The van der Waals surface area contributed by atoms with E-state index in [0.717, 1.165) is 24.3 Å². The van der Waals surface area contributed by atoms with Crippen molar-refractivity contribution in [3.8, 4) is 5.75 Å². The van der Waals surface area contributed by atoms with E-state index in [0.29, 0.717) is 6.42 Å². The number of ketones is 1. The molecule has 96 valence electrons. The van der Waals surface area contributed by atoms with E-state index in [4.69, 9.17) is 4.74 Å². The van der Waals surface area contributed by atoms with Gasteiger partial charge >= 0.3 is 0 Å². The van der Waals surface area contributed by atoms with Gasteiger partial charge in [0.1, 0.15) is 11.9 Å². The summed E-state index contributed by atoms with van der Waals surface area (Å²) < 4.78 is 5.91. The first kappa shape index (κ1) is 11.7. The summed E-state index contributed by atoms with van der Waals surface area (Å²) in [5.74, 6) is 0.989. The second-order valence-corrected chi connectivity index (χ2v) is 5.20. The molecule has 0 spiro atoms. The number of para-hydroxylation sites is 1. The lowest BCUT2D eigenvalue weighted by molar-refractivity contribution is 0.0823. The van der Waals surface area contributed by atoms with E-state index in [1.807, 2.05) is 24.3 Å². The molecule has 2 heterocycles. The van der Waals surface area contributed by atoms with Crippen molar-refractivity contribution < 1.29 is 9.53 Å². The van der Waals surface area contributed by atoms with Gasteiger partial charge in [0.2, 0.25) is 0 Å². The standard InChI is InChI=1S/C15H19NO2/c17-14-11-12(7-10-16-8-3-4-9-16)18-15-6-2-1-5-13(14)15/h1-2,5-6,12H,3-4,7-11H2. The molecule has 1 atom stereocenters. The predicted octanol–water partition coefficient (Wildman–Crippen LogP) is 2.51. The number of Topliss-reactive ketones (excluding diaryl/α,β-unsaturated/α-hetero) is 1. The second kappa shape index (κ2) is 5.11. The fraction of sp³-hybridized carbons (Fsp3) is 0.533. The molecule has 0 saturated carbocycles. The average molecular weight is 245 g/mol. The molecule has 3 rings (SSSR count). The molecule has 2 aliphatic heterocycles. The molecular weight excluding hydrogens is 226 g/mol. The van der Waals surface area contributed by atoms with Gasteiger partial charge in [-0.25, -0.2) is 0 Å². The van der Waals surface area contributed by atoms with E-state index in [2.05, 4.69) is 4.90 Å². The number of hydrogen-bond donors (Lipinski definition) is 0. The van der Waals surface area contributed by atoms with Crippen molar-refractivity contribution in [2.24, 2.45) is 0 Å². The Hall–Kier alpha value is -1.35. The summed E-state index contributed by atoms with van der Waals surface area (Å²) in [4.78, 5) is 14.5. The van der Waals surface area contributed by atoms with Crippen molar-refractivity contribution >= 4 is 5.78 Å². The van der Waals surface area contributed by atoms with Crippen molar-refractivity contribution in [2.75, 3.05) is 19.6 Å². The number of fused-ring (bicyclic) bond motifs is 1. The van der Waals surface area contributed by atoms with E-state index in [1.54, 1.807) is 0 Å². The molecular formula is C15H19NO2.